The molecule has 0 spiro atoms. The molecule has 2 atom stereocenters. The van der Waals surface area contributed by atoms with E-state index in [0.717, 1.165) is 18.4 Å². The second-order valence-electron chi connectivity index (χ2n) is 8.37. The first-order valence-corrected chi connectivity index (χ1v) is 9.77. The molecule has 2 fully saturated rings. The summed E-state index contributed by atoms with van der Waals surface area (Å²) in [6, 6.07) is 8.03. The number of ether oxygens (including phenoxy) is 1. The van der Waals surface area contributed by atoms with Gasteiger partial charge in [-0.05, 0) is 37.5 Å². The van der Waals surface area contributed by atoms with E-state index in [0.29, 0.717) is 31.3 Å². The van der Waals surface area contributed by atoms with Gasteiger partial charge in [0, 0.05) is 43.6 Å². The Balaban J connectivity index is 0.00000280. The predicted molar refractivity (Wildman–Crippen MR) is 112 cm³/mol. The van der Waals surface area contributed by atoms with Crippen LogP contribution in [0.15, 0.2) is 24.3 Å². The second kappa shape index (κ2) is 8.39. The van der Waals surface area contributed by atoms with Crippen molar-refractivity contribution < 1.29 is 14.3 Å². The van der Waals surface area contributed by atoms with Crippen molar-refractivity contribution in [1.82, 2.24) is 4.90 Å². The third kappa shape index (κ3) is 4.19. The summed E-state index contributed by atoms with van der Waals surface area (Å²) >= 11 is 0. The maximum absolute atomic E-state index is 12.8. The number of nitrogens with one attached hydrogen (secondary N) is 1. The number of benzene rings is 1. The molecule has 0 saturated heterocycles. The fourth-order valence-electron chi connectivity index (χ4n) is 3.84. The molecule has 0 aliphatic heterocycles. The van der Waals surface area contributed by atoms with Gasteiger partial charge < -0.3 is 20.7 Å². The van der Waals surface area contributed by atoms with Gasteiger partial charge in [-0.15, -0.1) is 12.4 Å². The number of carbonyl (C=O) groups is 2. The van der Waals surface area contributed by atoms with E-state index < -0.39 is 11.0 Å². The number of rotatable bonds is 7. The predicted octanol–water partition coefficient (Wildman–Crippen LogP) is 3.09. The molecule has 0 radical (unpaired) electrons. The van der Waals surface area contributed by atoms with Gasteiger partial charge in [-0.1, -0.05) is 26.0 Å². The first-order chi connectivity index (χ1) is 12.7. The van der Waals surface area contributed by atoms with Crippen molar-refractivity contribution in [3.05, 3.63) is 29.8 Å². The molecule has 0 aromatic heterocycles. The number of nitrogens with zero attached hydrogens (tertiary/aromatic N) is 1. The lowest BCUT2D eigenvalue weighted by atomic mass is 9.54. The minimum absolute atomic E-state index is 0. The van der Waals surface area contributed by atoms with Crippen molar-refractivity contribution in [3.8, 4) is 0 Å². The standard InChI is InChI=1S/C21H31N3O3.ClH/c1-5-27-18-12-21(22,20(18,3)4)19(26)23-16-8-6-15(7-9-16)13-24(14(2)25)17-10-11-17;/h6-9,17-18H,5,10-13,22H2,1-4H3,(H,23,26);1H. The Morgan fingerprint density at radius 1 is 1.25 bits per heavy atom. The Labute approximate surface area is 173 Å². The van der Waals surface area contributed by atoms with Crippen LogP contribution < -0.4 is 11.1 Å². The highest BCUT2D eigenvalue weighted by molar-refractivity contribution is 5.99. The summed E-state index contributed by atoms with van der Waals surface area (Å²) in [5, 5.41) is 2.94. The van der Waals surface area contributed by atoms with Crippen molar-refractivity contribution >= 4 is 29.9 Å². The molecule has 2 amide bonds. The Kier molecular flexibility index (Phi) is 6.79. The fraction of sp³-hybridized carbons (Fsp3) is 0.619. The van der Waals surface area contributed by atoms with Gasteiger partial charge in [0.05, 0.1) is 6.10 Å². The first kappa shape index (κ1) is 22.7. The van der Waals surface area contributed by atoms with Crippen LogP contribution >= 0.6 is 12.4 Å². The van der Waals surface area contributed by atoms with E-state index in [4.69, 9.17) is 10.5 Å². The lowest BCUT2D eigenvalue weighted by Crippen LogP contribution is -2.74. The second-order valence-corrected chi connectivity index (χ2v) is 8.37. The summed E-state index contributed by atoms with van der Waals surface area (Å²) in [4.78, 5) is 26.5. The van der Waals surface area contributed by atoms with Crippen LogP contribution in [0, 0.1) is 5.41 Å². The van der Waals surface area contributed by atoms with Crippen molar-refractivity contribution in [2.75, 3.05) is 11.9 Å². The Morgan fingerprint density at radius 3 is 2.32 bits per heavy atom. The fourth-order valence-corrected chi connectivity index (χ4v) is 3.84. The maximum atomic E-state index is 12.8. The molecule has 2 unspecified atom stereocenters. The molecule has 7 heteroatoms. The van der Waals surface area contributed by atoms with Crippen LogP contribution in [-0.2, 0) is 20.9 Å². The van der Waals surface area contributed by atoms with Crippen LogP contribution in [0.5, 0.6) is 0 Å². The van der Waals surface area contributed by atoms with Gasteiger partial charge in [0.15, 0.2) is 0 Å². The third-order valence-electron chi connectivity index (χ3n) is 6.19. The quantitative estimate of drug-likeness (QED) is 0.724. The summed E-state index contributed by atoms with van der Waals surface area (Å²) in [5.74, 6) is -0.0735. The van der Waals surface area contributed by atoms with E-state index >= 15 is 0 Å². The molecule has 2 aliphatic carbocycles. The van der Waals surface area contributed by atoms with Crippen molar-refractivity contribution in [1.29, 1.82) is 0 Å². The minimum atomic E-state index is -0.942. The van der Waals surface area contributed by atoms with Crippen molar-refractivity contribution in [3.63, 3.8) is 0 Å². The van der Waals surface area contributed by atoms with Gasteiger partial charge in [-0.3, -0.25) is 9.59 Å². The van der Waals surface area contributed by atoms with Crippen LogP contribution in [-0.4, -0.2) is 41.0 Å². The highest BCUT2D eigenvalue weighted by Gasteiger charge is 2.62. The van der Waals surface area contributed by atoms with Crippen LogP contribution in [0.2, 0.25) is 0 Å². The number of halogens is 1. The average Bonchev–Trinajstić information content (AvgIpc) is 3.45. The summed E-state index contributed by atoms with van der Waals surface area (Å²) < 4.78 is 5.69. The molecule has 0 bridgehead atoms. The van der Waals surface area contributed by atoms with E-state index in [-0.39, 0.29) is 30.3 Å². The molecule has 156 valence electrons. The maximum Gasteiger partial charge on any atom is 0.245 e. The number of hydrogen-bond donors (Lipinski definition) is 2. The van der Waals surface area contributed by atoms with Crippen LogP contribution in [0.4, 0.5) is 5.69 Å². The van der Waals surface area contributed by atoms with Crippen LogP contribution in [0.3, 0.4) is 0 Å². The van der Waals surface area contributed by atoms with Crippen molar-refractivity contribution in [2.24, 2.45) is 11.1 Å². The highest BCUT2D eigenvalue weighted by atomic mass is 35.5. The number of anilines is 1. The number of hydrogen-bond acceptors (Lipinski definition) is 4. The molecule has 2 aliphatic rings. The van der Waals surface area contributed by atoms with Gasteiger partial charge in [0.2, 0.25) is 11.8 Å². The SMILES string of the molecule is CCOC1CC(N)(C(=O)Nc2ccc(CN(C(C)=O)C3CC3)cc2)C1(C)C.Cl. The van der Waals surface area contributed by atoms with Crippen LogP contribution in [0.1, 0.15) is 52.5 Å². The third-order valence-corrected chi connectivity index (χ3v) is 6.19. The normalized spacial score (nSPS) is 25.2. The molecule has 3 rings (SSSR count). The molecule has 1 aromatic carbocycles. The minimum Gasteiger partial charge on any atom is -0.378 e. The van der Waals surface area contributed by atoms with E-state index in [1.54, 1.807) is 6.92 Å². The van der Waals surface area contributed by atoms with Gasteiger partial charge in [-0.2, -0.15) is 0 Å². The molecule has 2 saturated carbocycles. The van der Waals surface area contributed by atoms with Gasteiger partial charge in [-0.25, -0.2) is 0 Å². The van der Waals surface area contributed by atoms with E-state index in [1.165, 1.54) is 0 Å². The zero-order valence-electron chi connectivity index (χ0n) is 17.2. The average molecular weight is 410 g/mol. The molecule has 3 N–H and O–H groups in total. The number of nitrogens with two attached hydrogens (primary N) is 1. The Morgan fingerprint density at radius 2 is 1.86 bits per heavy atom. The number of amides is 2. The Bertz CT molecular complexity index is 718. The van der Waals surface area contributed by atoms with E-state index in [2.05, 4.69) is 5.32 Å². The van der Waals surface area contributed by atoms with Gasteiger partial charge in [0.1, 0.15) is 5.54 Å². The molecule has 28 heavy (non-hydrogen) atoms. The van der Waals surface area contributed by atoms with Crippen LogP contribution in [0.25, 0.3) is 0 Å². The van der Waals surface area contributed by atoms with Gasteiger partial charge in [0.25, 0.3) is 0 Å². The smallest absolute Gasteiger partial charge is 0.245 e. The zero-order valence-corrected chi connectivity index (χ0v) is 18.0. The summed E-state index contributed by atoms with van der Waals surface area (Å²) in [6.07, 6.45) is 2.70. The number of carbonyl (C=O) groups excluding carboxylic acids is 2. The lowest BCUT2D eigenvalue weighted by molar-refractivity contribution is -0.166. The first-order valence-electron chi connectivity index (χ1n) is 9.77. The largest absolute Gasteiger partial charge is 0.378 e. The molecule has 0 heterocycles. The van der Waals surface area contributed by atoms with Crippen molar-refractivity contribution in [2.45, 2.75) is 71.2 Å². The highest BCUT2D eigenvalue weighted by Crippen LogP contribution is 2.50. The van der Waals surface area contributed by atoms with Gasteiger partial charge >= 0.3 is 0 Å². The van der Waals surface area contributed by atoms with E-state index in [9.17, 15) is 9.59 Å². The lowest BCUT2D eigenvalue weighted by Gasteiger charge is -2.57. The summed E-state index contributed by atoms with van der Waals surface area (Å²) in [5.41, 5.74) is 6.83. The molecule has 6 nitrogen and oxygen atoms in total. The summed E-state index contributed by atoms with van der Waals surface area (Å²) in [6.45, 7) is 8.75. The molecular weight excluding hydrogens is 378 g/mol. The topological polar surface area (TPSA) is 84.7 Å². The summed E-state index contributed by atoms with van der Waals surface area (Å²) in [7, 11) is 0. The molecular formula is C21H32ClN3O3. The zero-order chi connectivity index (χ0) is 19.8. The van der Waals surface area contributed by atoms with E-state index in [1.807, 2.05) is 49.9 Å². The monoisotopic (exact) mass is 409 g/mol. The molecule has 1 aromatic rings. The Hall–Kier alpha value is -1.63.